The molecule has 0 aliphatic carbocycles. The highest BCUT2D eigenvalue weighted by Crippen LogP contribution is 2.35. The van der Waals surface area contributed by atoms with Crippen LogP contribution in [-0.4, -0.2) is 34.2 Å². The molecule has 0 aliphatic heterocycles. The Morgan fingerprint density at radius 2 is 1.52 bits per heavy atom. The molecule has 2 rings (SSSR count). The normalized spacial score (nSPS) is 10.6. The zero-order valence-electron chi connectivity index (χ0n) is 14.5. The van der Waals surface area contributed by atoms with Crippen LogP contribution in [0.4, 0.5) is 4.39 Å². The summed E-state index contributed by atoms with van der Waals surface area (Å²) in [7, 11) is 5.96. The van der Waals surface area contributed by atoms with Crippen LogP contribution in [0.15, 0.2) is 36.4 Å². The van der Waals surface area contributed by atoms with Crippen LogP contribution in [0.25, 0.3) is 6.08 Å². The topological polar surface area (TPSA) is 54.0 Å². The number of allylic oxidation sites excluding steroid dienone is 1. The van der Waals surface area contributed by atoms with E-state index in [0.29, 0.717) is 28.6 Å². The molecule has 2 aromatic rings. The standard InChI is InChI=1S/C19H19FO5/c1-22-13-6-7-14(15(20)10-13)16(21)8-5-12-9-18(24-3)19(25-4)11-17(12)23-2/h5-11H,1-4H3. The molecule has 5 nitrogen and oxygen atoms in total. The quantitative estimate of drug-likeness (QED) is 0.564. The summed E-state index contributed by atoms with van der Waals surface area (Å²) in [5.74, 6) is 0.719. The van der Waals surface area contributed by atoms with Crippen molar-refractivity contribution in [3.63, 3.8) is 0 Å². The molecule has 0 spiro atoms. The molecule has 6 heteroatoms. The first kappa shape index (κ1) is 18.3. The maximum atomic E-state index is 14.0. The van der Waals surface area contributed by atoms with Crippen molar-refractivity contribution in [3.8, 4) is 23.0 Å². The van der Waals surface area contributed by atoms with E-state index in [4.69, 9.17) is 18.9 Å². The molecule has 0 atom stereocenters. The SMILES string of the molecule is COc1ccc(C(=O)C=Cc2cc(OC)c(OC)cc2OC)c(F)c1. The van der Waals surface area contributed by atoms with E-state index in [2.05, 4.69) is 0 Å². The monoisotopic (exact) mass is 346 g/mol. The Bertz CT molecular complexity index is 799. The van der Waals surface area contributed by atoms with Gasteiger partial charge in [0.05, 0.1) is 34.0 Å². The van der Waals surface area contributed by atoms with Gasteiger partial charge in [-0.1, -0.05) is 0 Å². The van der Waals surface area contributed by atoms with E-state index in [9.17, 15) is 9.18 Å². The first-order valence-corrected chi connectivity index (χ1v) is 7.40. The molecule has 0 aromatic heterocycles. The summed E-state index contributed by atoms with van der Waals surface area (Å²) >= 11 is 0. The minimum atomic E-state index is -0.645. The molecule has 25 heavy (non-hydrogen) atoms. The summed E-state index contributed by atoms with van der Waals surface area (Å²) in [5.41, 5.74) is 0.555. The molecular formula is C19H19FO5. The summed E-state index contributed by atoms with van der Waals surface area (Å²) in [6, 6.07) is 7.40. The molecule has 0 fully saturated rings. The zero-order chi connectivity index (χ0) is 18.4. The maximum Gasteiger partial charge on any atom is 0.188 e. The van der Waals surface area contributed by atoms with Crippen molar-refractivity contribution < 1.29 is 28.1 Å². The summed E-state index contributed by atoms with van der Waals surface area (Å²) in [6.45, 7) is 0. The average Bonchev–Trinajstić information content (AvgIpc) is 2.64. The largest absolute Gasteiger partial charge is 0.497 e. The van der Waals surface area contributed by atoms with Gasteiger partial charge in [-0.3, -0.25) is 4.79 Å². The Kier molecular flexibility index (Phi) is 6.00. The molecule has 0 unspecified atom stereocenters. The van der Waals surface area contributed by atoms with E-state index in [-0.39, 0.29) is 5.56 Å². The fourth-order valence-electron chi connectivity index (χ4n) is 2.26. The van der Waals surface area contributed by atoms with Gasteiger partial charge >= 0.3 is 0 Å². The number of rotatable bonds is 7. The third-order valence-electron chi connectivity index (χ3n) is 3.59. The Balaban J connectivity index is 2.33. The van der Waals surface area contributed by atoms with Crippen LogP contribution in [0.5, 0.6) is 23.0 Å². The number of hydrogen-bond donors (Lipinski definition) is 0. The highest BCUT2D eigenvalue weighted by molar-refractivity contribution is 6.07. The Morgan fingerprint density at radius 1 is 0.880 bits per heavy atom. The number of carbonyl (C=O) groups excluding carboxylic acids is 1. The minimum Gasteiger partial charge on any atom is -0.497 e. The van der Waals surface area contributed by atoms with Crippen LogP contribution in [0.2, 0.25) is 0 Å². The van der Waals surface area contributed by atoms with Crippen LogP contribution in [0.1, 0.15) is 15.9 Å². The molecule has 0 amide bonds. The molecule has 0 saturated carbocycles. The molecule has 0 bridgehead atoms. The van der Waals surface area contributed by atoms with Crippen LogP contribution in [-0.2, 0) is 0 Å². The number of benzene rings is 2. The second-order valence-corrected chi connectivity index (χ2v) is 4.99. The molecule has 0 heterocycles. The molecule has 0 saturated heterocycles. The molecular weight excluding hydrogens is 327 g/mol. The van der Waals surface area contributed by atoms with Gasteiger partial charge in [-0.05, 0) is 30.4 Å². The second kappa shape index (κ2) is 8.19. The smallest absolute Gasteiger partial charge is 0.188 e. The molecule has 2 aromatic carbocycles. The van der Waals surface area contributed by atoms with Crippen LogP contribution in [0.3, 0.4) is 0 Å². The van der Waals surface area contributed by atoms with E-state index in [1.807, 2.05) is 0 Å². The highest BCUT2D eigenvalue weighted by Gasteiger charge is 2.12. The van der Waals surface area contributed by atoms with Crippen LogP contribution >= 0.6 is 0 Å². The Labute approximate surface area is 145 Å². The van der Waals surface area contributed by atoms with Gasteiger partial charge < -0.3 is 18.9 Å². The van der Waals surface area contributed by atoms with E-state index in [0.717, 1.165) is 6.07 Å². The third kappa shape index (κ3) is 4.09. The van der Waals surface area contributed by atoms with Gasteiger partial charge in [0.15, 0.2) is 17.3 Å². The van der Waals surface area contributed by atoms with Crippen molar-refractivity contribution in [1.29, 1.82) is 0 Å². The van der Waals surface area contributed by atoms with Crippen molar-refractivity contribution in [1.82, 2.24) is 0 Å². The summed E-state index contributed by atoms with van der Waals surface area (Å²) in [6.07, 6.45) is 2.81. The van der Waals surface area contributed by atoms with Crippen molar-refractivity contribution in [2.75, 3.05) is 28.4 Å². The summed E-state index contributed by atoms with van der Waals surface area (Å²) in [4.78, 5) is 12.3. The van der Waals surface area contributed by atoms with Crippen molar-refractivity contribution in [2.24, 2.45) is 0 Å². The predicted octanol–water partition coefficient (Wildman–Crippen LogP) is 3.76. The number of ether oxygens (including phenoxy) is 4. The molecule has 0 radical (unpaired) electrons. The van der Waals surface area contributed by atoms with Crippen molar-refractivity contribution in [3.05, 3.63) is 53.4 Å². The van der Waals surface area contributed by atoms with Crippen LogP contribution < -0.4 is 18.9 Å². The first-order chi connectivity index (χ1) is 12.0. The fraction of sp³-hybridized carbons (Fsp3) is 0.211. The number of carbonyl (C=O) groups is 1. The summed E-state index contributed by atoms with van der Waals surface area (Å²) < 4.78 is 34.6. The zero-order valence-corrected chi connectivity index (χ0v) is 14.5. The van der Waals surface area contributed by atoms with Gasteiger partial charge in [-0.25, -0.2) is 4.39 Å². The molecule has 0 aliphatic rings. The average molecular weight is 346 g/mol. The summed E-state index contributed by atoms with van der Waals surface area (Å²) in [5, 5.41) is 0. The van der Waals surface area contributed by atoms with Gasteiger partial charge in [0.1, 0.15) is 17.3 Å². The maximum absolute atomic E-state index is 14.0. The first-order valence-electron chi connectivity index (χ1n) is 7.40. The van der Waals surface area contributed by atoms with Gasteiger partial charge in [-0.15, -0.1) is 0 Å². The van der Waals surface area contributed by atoms with E-state index in [1.165, 1.54) is 52.7 Å². The number of methoxy groups -OCH3 is 4. The molecule has 132 valence electrons. The van der Waals surface area contributed by atoms with E-state index >= 15 is 0 Å². The van der Waals surface area contributed by atoms with Gasteiger partial charge in [0, 0.05) is 17.7 Å². The van der Waals surface area contributed by atoms with Gasteiger partial charge in [0.25, 0.3) is 0 Å². The molecule has 0 N–H and O–H groups in total. The lowest BCUT2D eigenvalue weighted by Crippen LogP contribution is -1.99. The van der Waals surface area contributed by atoms with Gasteiger partial charge in [-0.2, -0.15) is 0 Å². The lowest BCUT2D eigenvalue weighted by atomic mass is 10.1. The number of ketones is 1. The van der Waals surface area contributed by atoms with E-state index < -0.39 is 11.6 Å². The predicted molar refractivity (Wildman–Crippen MR) is 92.4 cm³/mol. The lowest BCUT2D eigenvalue weighted by Gasteiger charge is -2.12. The Morgan fingerprint density at radius 3 is 2.08 bits per heavy atom. The van der Waals surface area contributed by atoms with Crippen LogP contribution in [0, 0.1) is 5.82 Å². The number of hydrogen-bond acceptors (Lipinski definition) is 5. The van der Waals surface area contributed by atoms with Gasteiger partial charge in [0.2, 0.25) is 0 Å². The second-order valence-electron chi connectivity index (χ2n) is 4.99. The third-order valence-corrected chi connectivity index (χ3v) is 3.59. The fourth-order valence-corrected chi connectivity index (χ4v) is 2.26. The van der Waals surface area contributed by atoms with Crippen molar-refractivity contribution in [2.45, 2.75) is 0 Å². The Hall–Kier alpha value is -3.02. The minimum absolute atomic E-state index is 0.0449. The highest BCUT2D eigenvalue weighted by atomic mass is 19.1. The number of halogens is 1. The van der Waals surface area contributed by atoms with Crippen molar-refractivity contribution >= 4 is 11.9 Å². The van der Waals surface area contributed by atoms with E-state index in [1.54, 1.807) is 12.1 Å². The lowest BCUT2D eigenvalue weighted by molar-refractivity contribution is 0.104.